The Morgan fingerprint density at radius 2 is 2.07 bits per heavy atom. The Hall–Kier alpha value is 0.210. The predicted molar refractivity (Wildman–Crippen MR) is 65.5 cm³/mol. The minimum absolute atomic E-state index is 0.445. The molecular formula is C12H24ClNO. The standard InChI is InChI=1S/C12H24ClNO/c1-10(2)9-15-5-4-14(3)8-11-6-12(13)7-11/h10-12H,4-9H2,1-3H3. The Morgan fingerprint density at radius 1 is 1.40 bits per heavy atom. The number of likely N-dealkylation sites (N-methyl/N-ethyl adjacent to an activating group) is 1. The highest BCUT2D eigenvalue weighted by Gasteiger charge is 2.27. The average molecular weight is 234 g/mol. The van der Waals surface area contributed by atoms with Gasteiger partial charge in [0.15, 0.2) is 0 Å². The molecule has 1 aliphatic rings. The monoisotopic (exact) mass is 233 g/mol. The van der Waals surface area contributed by atoms with Gasteiger partial charge in [-0.1, -0.05) is 13.8 Å². The van der Waals surface area contributed by atoms with E-state index in [0.717, 1.165) is 25.7 Å². The van der Waals surface area contributed by atoms with Crippen LogP contribution in [0.2, 0.25) is 0 Å². The Bertz CT molecular complexity index is 169. The van der Waals surface area contributed by atoms with Crippen LogP contribution in [0.25, 0.3) is 0 Å². The number of rotatable bonds is 7. The summed E-state index contributed by atoms with van der Waals surface area (Å²) in [5, 5.41) is 0.445. The molecule has 0 aromatic heterocycles. The summed E-state index contributed by atoms with van der Waals surface area (Å²) in [4.78, 5) is 2.35. The fourth-order valence-electron chi connectivity index (χ4n) is 1.87. The molecule has 0 aromatic rings. The molecule has 0 unspecified atom stereocenters. The van der Waals surface area contributed by atoms with Gasteiger partial charge < -0.3 is 9.64 Å². The number of halogens is 1. The van der Waals surface area contributed by atoms with Gasteiger partial charge in [0.2, 0.25) is 0 Å². The fourth-order valence-corrected chi connectivity index (χ4v) is 2.38. The molecule has 0 heterocycles. The van der Waals surface area contributed by atoms with Gasteiger partial charge in [0.1, 0.15) is 0 Å². The summed E-state index contributed by atoms with van der Waals surface area (Å²) in [6.07, 6.45) is 2.39. The molecule has 0 amide bonds. The second-order valence-electron chi connectivity index (χ2n) is 5.17. The summed E-state index contributed by atoms with van der Waals surface area (Å²) in [7, 11) is 2.17. The summed E-state index contributed by atoms with van der Waals surface area (Å²) >= 11 is 5.95. The van der Waals surface area contributed by atoms with Crippen molar-refractivity contribution in [2.75, 3.05) is 33.4 Å². The van der Waals surface area contributed by atoms with Crippen LogP contribution >= 0.6 is 11.6 Å². The molecule has 0 radical (unpaired) electrons. The van der Waals surface area contributed by atoms with Crippen LogP contribution < -0.4 is 0 Å². The molecule has 1 saturated carbocycles. The molecule has 2 nitrogen and oxygen atoms in total. The van der Waals surface area contributed by atoms with E-state index in [-0.39, 0.29) is 0 Å². The average Bonchev–Trinajstić information content (AvgIpc) is 2.10. The van der Waals surface area contributed by atoms with E-state index in [0.29, 0.717) is 11.3 Å². The molecule has 15 heavy (non-hydrogen) atoms. The first kappa shape index (κ1) is 13.3. The van der Waals surface area contributed by atoms with Crippen molar-refractivity contribution in [1.29, 1.82) is 0 Å². The maximum absolute atomic E-state index is 5.95. The second kappa shape index (κ2) is 6.72. The minimum atomic E-state index is 0.445. The molecule has 1 aliphatic carbocycles. The van der Waals surface area contributed by atoms with Gasteiger partial charge in [0.05, 0.1) is 6.61 Å². The van der Waals surface area contributed by atoms with Gasteiger partial charge >= 0.3 is 0 Å². The van der Waals surface area contributed by atoms with E-state index < -0.39 is 0 Å². The molecule has 0 spiro atoms. The Balaban J connectivity index is 1.92. The first-order valence-corrected chi connectivity index (χ1v) is 6.42. The third kappa shape index (κ3) is 5.74. The lowest BCUT2D eigenvalue weighted by atomic mass is 9.84. The van der Waals surface area contributed by atoms with Crippen molar-refractivity contribution in [3.63, 3.8) is 0 Å². The van der Waals surface area contributed by atoms with Crippen molar-refractivity contribution < 1.29 is 4.74 Å². The maximum atomic E-state index is 5.95. The normalized spacial score (nSPS) is 26.0. The highest BCUT2D eigenvalue weighted by Crippen LogP contribution is 2.32. The molecule has 0 aromatic carbocycles. The maximum Gasteiger partial charge on any atom is 0.0593 e. The van der Waals surface area contributed by atoms with Crippen LogP contribution in [0.4, 0.5) is 0 Å². The van der Waals surface area contributed by atoms with Gasteiger partial charge in [0, 0.05) is 25.1 Å². The summed E-state index contributed by atoms with van der Waals surface area (Å²) in [6.45, 7) is 8.30. The number of hydrogen-bond acceptors (Lipinski definition) is 2. The number of alkyl halides is 1. The van der Waals surface area contributed by atoms with Gasteiger partial charge in [-0.05, 0) is 31.7 Å². The molecule has 1 fully saturated rings. The minimum Gasteiger partial charge on any atom is -0.380 e. The van der Waals surface area contributed by atoms with E-state index in [2.05, 4.69) is 25.8 Å². The number of hydrogen-bond donors (Lipinski definition) is 0. The largest absolute Gasteiger partial charge is 0.380 e. The van der Waals surface area contributed by atoms with Crippen LogP contribution in [-0.2, 0) is 4.74 Å². The number of ether oxygens (including phenoxy) is 1. The lowest BCUT2D eigenvalue weighted by Gasteiger charge is -2.34. The van der Waals surface area contributed by atoms with Crippen LogP contribution in [0.3, 0.4) is 0 Å². The van der Waals surface area contributed by atoms with Crippen LogP contribution in [0.5, 0.6) is 0 Å². The zero-order valence-corrected chi connectivity index (χ0v) is 11.0. The summed E-state index contributed by atoms with van der Waals surface area (Å²) in [5.74, 6) is 1.46. The number of nitrogens with zero attached hydrogens (tertiary/aromatic N) is 1. The van der Waals surface area contributed by atoms with Crippen LogP contribution in [0.1, 0.15) is 26.7 Å². The Morgan fingerprint density at radius 3 is 2.60 bits per heavy atom. The van der Waals surface area contributed by atoms with Crippen molar-refractivity contribution in [2.24, 2.45) is 11.8 Å². The van der Waals surface area contributed by atoms with E-state index >= 15 is 0 Å². The van der Waals surface area contributed by atoms with Crippen molar-refractivity contribution in [1.82, 2.24) is 4.90 Å². The van der Waals surface area contributed by atoms with Crippen molar-refractivity contribution >= 4 is 11.6 Å². The summed E-state index contributed by atoms with van der Waals surface area (Å²) in [6, 6.07) is 0. The van der Waals surface area contributed by atoms with E-state index in [9.17, 15) is 0 Å². The molecular weight excluding hydrogens is 210 g/mol. The van der Waals surface area contributed by atoms with E-state index in [1.807, 2.05) is 0 Å². The predicted octanol–water partition coefficient (Wildman–Crippen LogP) is 2.61. The van der Waals surface area contributed by atoms with Crippen molar-refractivity contribution in [3.8, 4) is 0 Å². The van der Waals surface area contributed by atoms with Crippen molar-refractivity contribution in [3.05, 3.63) is 0 Å². The molecule has 0 bridgehead atoms. The summed E-state index contributed by atoms with van der Waals surface area (Å²) < 4.78 is 5.55. The molecule has 0 N–H and O–H groups in total. The lowest BCUT2D eigenvalue weighted by Crippen LogP contribution is -2.36. The van der Waals surface area contributed by atoms with Crippen LogP contribution in [-0.4, -0.2) is 43.6 Å². The van der Waals surface area contributed by atoms with Gasteiger partial charge in [-0.25, -0.2) is 0 Å². The molecule has 0 saturated heterocycles. The first-order chi connectivity index (χ1) is 7.08. The highest BCUT2D eigenvalue weighted by molar-refractivity contribution is 6.21. The second-order valence-corrected chi connectivity index (χ2v) is 5.78. The molecule has 0 atom stereocenters. The first-order valence-electron chi connectivity index (χ1n) is 5.98. The van der Waals surface area contributed by atoms with E-state index in [1.54, 1.807) is 0 Å². The van der Waals surface area contributed by atoms with Gasteiger partial charge in [-0.3, -0.25) is 0 Å². The zero-order valence-electron chi connectivity index (χ0n) is 10.2. The van der Waals surface area contributed by atoms with E-state index in [1.165, 1.54) is 19.4 Å². The topological polar surface area (TPSA) is 12.5 Å². The molecule has 0 aliphatic heterocycles. The lowest BCUT2D eigenvalue weighted by molar-refractivity contribution is 0.0837. The quantitative estimate of drug-likeness (QED) is 0.495. The van der Waals surface area contributed by atoms with Gasteiger partial charge in [-0.15, -0.1) is 11.6 Å². The Kier molecular flexibility index (Phi) is 5.95. The molecule has 90 valence electrons. The van der Waals surface area contributed by atoms with Crippen LogP contribution in [0.15, 0.2) is 0 Å². The van der Waals surface area contributed by atoms with E-state index in [4.69, 9.17) is 16.3 Å². The smallest absolute Gasteiger partial charge is 0.0593 e. The Labute approximate surface area is 98.9 Å². The van der Waals surface area contributed by atoms with Crippen LogP contribution in [0, 0.1) is 11.8 Å². The highest BCUT2D eigenvalue weighted by atomic mass is 35.5. The third-order valence-corrected chi connectivity index (χ3v) is 3.17. The molecule has 1 rings (SSSR count). The molecule has 3 heteroatoms. The SMILES string of the molecule is CC(C)COCCN(C)CC1CC(Cl)C1. The zero-order chi connectivity index (χ0) is 11.3. The fraction of sp³-hybridized carbons (Fsp3) is 1.00. The van der Waals surface area contributed by atoms with Gasteiger partial charge in [-0.2, -0.15) is 0 Å². The summed E-state index contributed by atoms with van der Waals surface area (Å²) in [5.41, 5.74) is 0. The van der Waals surface area contributed by atoms with Crippen molar-refractivity contribution in [2.45, 2.75) is 32.1 Å². The van der Waals surface area contributed by atoms with Gasteiger partial charge in [0.25, 0.3) is 0 Å². The third-order valence-electron chi connectivity index (χ3n) is 2.82.